The van der Waals surface area contributed by atoms with Crippen molar-refractivity contribution in [1.82, 2.24) is 10.5 Å². The fourth-order valence-electron chi connectivity index (χ4n) is 1.82. The van der Waals surface area contributed by atoms with Crippen molar-refractivity contribution in [2.45, 2.75) is 0 Å². The molecule has 2 aromatic carbocycles. The van der Waals surface area contributed by atoms with Gasteiger partial charge >= 0.3 is 0 Å². The summed E-state index contributed by atoms with van der Waals surface area (Å²) in [6.45, 7) is 0. The van der Waals surface area contributed by atoms with Crippen LogP contribution in [0.3, 0.4) is 0 Å². The number of halogens is 2. The molecule has 8 heteroatoms. The molecule has 0 bridgehead atoms. The molecular weight excluding hydrogens is 320 g/mol. The van der Waals surface area contributed by atoms with Crippen LogP contribution in [0.1, 0.15) is 26.3 Å². The van der Waals surface area contributed by atoms with Gasteiger partial charge in [-0.05, 0) is 42.5 Å². The first-order valence-electron chi connectivity index (χ1n) is 6.74. The molecule has 0 aromatic heterocycles. The Balaban J connectivity index is 2.13. The topological polar surface area (TPSA) is 82.0 Å². The minimum Gasteiger partial charge on any atom is -0.288 e. The maximum absolute atomic E-state index is 13.9. The lowest BCUT2D eigenvalue weighted by molar-refractivity contribution is 0.0705. The molecule has 2 amide bonds. The second-order valence-electron chi connectivity index (χ2n) is 4.76. The highest BCUT2D eigenvalue weighted by molar-refractivity contribution is 5.95. The van der Waals surface area contributed by atoms with E-state index in [1.54, 1.807) is 0 Å². The van der Waals surface area contributed by atoms with Crippen LogP contribution >= 0.6 is 0 Å². The Morgan fingerprint density at radius 1 is 1.12 bits per heavy atom. The van der Waals surface area contributed by atoms with Gasteiger partial charge in [0.15, 0.2) is 0 Å². The minimum absolute atomic E-state index is 0.0447. The SMILES string of the molecule is CN(/N=C/c1ccc(C(=O)NO)cc1F)C(=O)c1ccc(F)cc1. The maximum Gasteiger partial charge on any atom is 0.274 e. The molecule has 0 saturated heterocycles. The summed E-state index contributed by atoms with van der Waals surface area (Å²) in [5.41, 5.74) is 1.60. The molecule has 2 rings (SSSR count). The largest absolute Gasteiger partial charge is 0.288 e. The fraction of sp³-hybridized carbons (Fsp3) is 0.0625. The van der Waals surface area contributed by atoms with E-state index in [9.17, 15) is 18.4 Å². The molecule has 124 valence electrons. The van der Waals surface area contributed by atoms with E-state index in [0.717, 1.165) is 29.4 Å². The number of hydrogen-bond acceptors (Lipinski definition) is 4. The Morgan fingerprint density at radius 3 is 2.33 bits per heavy atom. The number of hydroxylamine groups is 1. The molecule has 0 saturated carbocycles. The minimum atomic E-state index is -0.846. The van der Waals surface area contributed by atoms with Crippen molar-refractivity contribution in [3.8, 4) is 0 Å². The normalized spacial score (nSPS) is 10.7. The summed E-state index contributed by atoms with van der Waals surface area (Å²) in [5.74, 6) is -2.56. The van der Waals surface area contributed by atoms with Crippen LogP contribution in [0.4, 0.5) is 8.78 Å². The van der Waals surface area contributed by atoms with Crippen LogP contribution in [-0.2, 0) is 0 Å². The van der Waals surface area contributed by atoms with Crippen molar-refractivity contribution < 1.29 is 23.6 Å². The monoisotopic (exact) mass is 333 g/mol. The van der Waals surface area contributed by atoms with E-state index in [1.165, 1.54) is 36.8 Å². The number of nitrogens with zero attached hydrogens (tertiary/aromatic N) is 2. The fourth-order valence-corrected chi connectivity index (χ4v) is 1.82. The van der Waals surface area contributed by atoms with E-state index in [4.69, 9.17) is 5.21 Å². The van der Waals surface area contributed by atoms with Gasteiger partial charge in [-0.15, -0.1) is 0 Å². The lowest BCUT2D eigenvalue weighted by atomic mass is 10.1. The van der Waals surface area contributed by atoms with Crippen LogP contribution in [0, 0.1) is 11.6 Å². The Kier molecular flexibility index (Phi) is 5.33. The molecule has 0 radical (unpaired) electrons. The smallest absolute Gasteiger partial charge is 0.274 e. The van der Waals surface area contributed by atoms with Crippen LogP contribution in [0.2, 0.25) is 0 Å². The standard InChI is InChI=1S/C16H13F2N3O3/c1-21(16(23)10-4-6-13(17)7-5-10)19-9-12-3-2-11(8-14(12)18)15(22)20-24/h2-9,24H,1H3,(H,20,22)/b19-9+. The molecule has 0 spiro atoms. The first-order chi connectivity index (χ1) is 11.4. The van der Waals surface area contributed by atoms with Gasteiger partial charge in [0, 0.05) is 23.7 Å². The molecule has 0 aliphatic carbocycles. The van der Waals surface area contributed by atoms with Gasteiger partial charge in [-0.1, -0.05) is 0 Å². The van der Waals surface area contributed by atoms with E-state index < -0.39 is 23.4 Å². The number of nitrogens with one attached hydrogen (secondary N) is 1. The number of rotatable bonds is 4. The molecule has 2 aromatic rings. The molecule has 0 aliphatic heterocycles. The summed E-state index contributed by atoms with van der Waals surface area (Å²) in [4.78, 5) is 23.2. The number of carbonyl (C=O) groups is 2. The number of benzene rings is 2. The second-order valence-corrected chi connectivity index (χ2v) is 4.76. The van der Waals surface area contributed by atoms with Gasteiger partial charge < -0.3 is 0 Å². The van der Waals surface area contributed by atoms with Gasteiger partial charge in [0.2, 0.25) is 0 Å². The third-order valence-electron chi connectivity index (χ3n) is 3.12. The van der Waals surface area contributed by atoms with Crippen LogP contribution < -0.4 is 5.48 Å². The first kappa shape index (κ1) is 17.2. The van der Waals surface area contributed by atoms with Crippen LogP contribution in [0.15, 0.2) is 47.6 Å². The Labute approximate surface area is 136 Å². The third kappa shape index (κ3) is 3.99. The third-order valence-corrected chi connectivity index (χ3v) is 3.12. The van der Waals surface area contributed by atoms with E-state index >= 15 is 0 Å². The molecule has 0 atom stereocenters. The average molecular weight is 333 g/mol. The Bertz CT molecular complexity index is 792. The lowest BCUT2D eigenvalue weighted by Gasteiger charge is -2.11. The molecule has 0 unspecified atom stereocenters. The van der Waals surface area contributed by atoms with E-state index in [2.05, 4.69) is 5.10 Å². The van der Waals surface area contributed by atoms with Crippen molar-refractivity contribution in [1.29, 1.82) is 0 Å². The summed E-state index contributed by atoms with van der Waals surface area (Å²) in [7, 11) is 1.37. The Hall–Kier alpha value is -3.13. The summed E-state index contributed by atoms with van der Waals surface area (Å²) in [5, 5.41) is 13.3. The lowest BCUT2D eigenvalue weighted by Crippen LogP contribution is -2.21. The summed E-state index contributed by atoms with van der Waals surface area (Å²) < 4.78 is 26.7. The molecule has 6 nitrogen and oxygen atoms in total. The van der Waals surface area contributed by atoms with E-state index in [1.807, 2.05) is 0 Å². The highest BCUT2D eigenvalue weighted by Crippen LogP contribution is 2.10. The first-order valence-corrected chi connectivity index (χ1v) is 6.74. The number of hydrogen-bond donors (Lipinski definition) is 2. The molecule has 2 N–H and O–H groups in total. The van der Waals surface area contributed by atoms with Gasteiger partial charge in [0.1, 0.15) is 11.6 Å². The van der Waals surface area contributed by atoms with Crippen molar-refractivity contribution in [2.24, 2.45) is 5.10 Å². The van der Waals surface area contributed by atoms with Crippen molar-refractivity contribution in [3.05, 3.63) is 70.8 Å². The average Bonchev–Trinajstić information content (AvgIpc) is 2.59. The highest BCUT2D eigenvalue weighted by atomic mass is 19.1. The highest BCUT2D eigenvalue weighted by Gasteiger charge is 2.11. The molecule has 0 aliphatic rings. The summed E-state index contributed by atoms with van der Waals surface area (Å²) >= 11 is 0. The summed E-state index contributed by atoms with van der Waals surface area (Å²) in [6, 6.07) is 8.41. The molecular formula is C16H13F2N3O3. The second kappa shape index (κ2) is 7.42. The van der Waals surface area contributed by atoms with Crippen LogP contribution in [0.5, 0.6) is 0 Å². The van der Waals surface area contributed by atoms with Crippen LogP contribution in [0.25, 0.3) is 0 Å². The molecule has 0 heterocycles. The Morgan fingerprint density at radius 2 is 1.75 bits per heavy atom. The van der Waals surface area contributed by atoms with Gasteiger partial charge in [-0.2, -0.15) is 5.10 Å². The van der Waals surface area contributed by atoms with Crippen LogP contribution in [-0.4, -0.2) is 35.3 Å². The van der Waals surface area contributed by atoms with Gasteiger partial charge in [0.05, 0.1) is 6.21 Å². The van der Waals surface area contributed by atoms with Gasteiger partial charge in [-0.3, -0.25) is 14.8 Å². The molecule has 24 heavy (non-hydrogen) atoms. The van der Waals surface area contributed by atoms with Crippen molar-refractivity contribution in [3.63, 3.8) is 0 Å². The zero-order valence-corrected chi connectivity index (χ0v) is 12.5. The number of hydrazone groups is 1. The zero-order valence-electron chi connectivity index (χ0n) is 12.5. The zero-order chi connectivity index (χ0) is 17.7. The number of amides is 2. The van der Waals surface area contributed by atoms with E-state index in [0.29, 0.717) is 0 Å². The van der Waals surface area contributed by atoms with Gasteiger partial charge in [-0.25, -0.2) is 19.3 Å². The number of carbonyl (C=O) groups excluding carboxylic acids is 2. The predicted octanol–water partition coefficient (Wildman–Crippen LogP) is 2.19. The van der Waals surface area contributed by atoms with Crippen molar-refractivity contribution in [2.75, 3.05) is 7.05 Å². The van der Waals surface area contributed by atoms with E-state index in [-0.39, 0.29) is 16.7 Å². The summed E-state index contributed by atoms with van der Waals surface area (Å²) in [6.07, 6.45) is 1.11. The molecule has 0 fully saturated rings. The van der Waals surface area contributed by atoms with Gasteiger partial charge in [0.25, 0.3) is 11.8 Å². The van der Waals surface area contributed by atoms with Crippen molar-refractivity contribution >= 4 is 18.0 Å². The predicted molar refractivity (Wildman–Crippen MR) is 81.7 cm³/mol. The maximum atomic E-state index is 13.9. The quantitative estimate of drug-likeness (QED) is 0.511.